The average Bonchev–Trinajstić information content (AvgIpc) is 2.63. The standard InChI is InChI=1S/C20H22BrNO3/c1-3-25-19-16(21)11-14(12-18(19)24-2)20(23)22-17-10-6-8-13-7-4-5-9-15(13)17/h4-5,7,9,11-12,17H,3,6,8,10H2,1-2H3,(H,22,23)/t17-/m0/s1. The van der Waals surface area contributed by atoms with Gasteiger partial charge in [-0.25, -0.2) is 0 Å². The predicted molar refractivity (Wildman–Crippen MR) is 101 cm³/mol. The van der Waals surface area contributed by atoms with Gasteiger partial charge in [0, 0.05) is 5.56 Å². The van der Waals surface area contributed by atoms with Crippen molar-refractivity contribution in [1.82, 2.24) is 5.32 Å². The van der Waals surface area contributed by atoms with Gasteiger partial charge >= 0.3 is 0 Å². The summed E-state index contributed by atoms with van der Waals surface area (Å²) >= 11 is 3.47. The molecule has 0 bridgehead atoms. The number of fused-ring (bicyclic) bond motifs is 1. The zero-order chi connectivity index (χ0) is 17.8. The van der Waals surface area contributed by atoms with E-state index in [9.17, 15) is 4.79 Å². The Bertz CT molecular complexity index is 776. The molecule has 0 saturated heterocycles. The first kappa shape index (κ1) is 17.8. The minimum atomic E-state index is -0.108. The molecule has 1 aliphatic rings. The van der Waals surface area contributed by atoms with Gasteiger partial charge in [0.25, 0.3) is 5.91 Å². The number of benzene rings is 2. The third-order valence-corrected chi connectivity index (χ3v) is 5.04. The van der Waals surface area contributed by atoms with E-state index in [1.165, 1.54) is 11.1 Å². The zero-order valence-corrected chi connectivity index (χ0v) is 16.1. The molecule has 0 fully saturated rings. The molecule has 0 radical (unpaired) electrons. The van der Waals surface area contributed by atoms with Crippen molar-refractivity contribution < 1.29 is 14.3 Å². The number of aryl methyl sites for hydroxylation is 1. The number of hydrogen-bond acceptors (Lipinski definition) is 3. The molecule has 0 aromatic heterocycles. The molecule has 1 N–H and O–H groups in total. The Morgan fingerprint density at radius 3 is 2.88 bits per heavy atom. The van der Waals surface area contributed by atoms with Crippen molar-refractivity contribution in [1.29, 1.82) is 0 Å². The van der Waals surface area contributed by atoms with E-state index in [0.717, 1.165) is 19.3 Å². The normalized spacial score (nSPS) is 16.0. The van der Waals surface area contributed by atoms with E-state index in [1.807, 2.05) is 13.0 Å². The van der Waals surface area contributed by atoms with Crippen LogP contribution in [-0.4, -0.2) is 19.6 Å². The largest absolute Gasteiger partial charge is 0.493 e. The number of nitrogens with one attached hydrogen (secondary N) is 1. The second-order valence-electron chi connectivity index (χ2n) is 6.04. The maximum atomic E-state index is 12.8. The molecule has 3 rings (SSSR count). The van der Waals surface area contributed by atoms with Crippen molar-refractivity contribution in [2.24, 2.45) is 0 Å². The monoisotopic (exact) mass is 403 g/mol. The van der Waals surface area contributed by atoms with Gasteiger partial charge in [-0.1, -0.05) is 24.3 Å². The number of rotatable bonds is 5. The topological polar surface area (TPSA) is 47.6 Å². The summed E-state index contributed by atoms with van der Waals surface area (Å²) in [6.45, 7) is 2.44. The summed E-state index contributed by atoms with van der Waals surface area (Å²) in [6, 6.07) is 11.9. The van der Waals surface area contributed by atoms with Crippen LogP contribution in [-0.2, 0) is 6.42 Å². The second kappa shape index (κ2) is 7.91. The highest BCUT2D eigenvalue weighted by molar-refractivity contribution is 9.10. The Morgan fingerprint density at radius 1 is 1.32 bits per heavy atom. The van der Waals surface area contributed by atoms with E-state index < -0.39 is 0 Å². The van der Waals surface area contributed by atoms with Crippen LogP contribution in [0.5, 0.6) is 11.5 Å². The Hall–Kier alpha value is -2.01. The van der Waals surface area contributed by atoms with Crippen molar-refractivity contribution >= 4 is 21.8 Å². The first-order valence-corrected chi connectivity index (χ1v) is 9.32. The van der Waals surface area contributed by atoms with E-state index in [-0.39, 0.29) is 11.9 Å². The van der Waals surface area contributed by atoms with Crippen molar-refractivity contribution in [3.05, 3.63) is 57.6 Å². The lowest BCUT2D eigenvalue weighted by Gasteiger charge is -2.26. The molecular formula is C20H22BrNO3. The van der Waals surface area contributed by atoms with Gasteiger partial charge in [-0.2, -0.15) is 0 Å². The van der Waals surface area contributed by atoms with Crippen LogP contribution in [0.25, 0.3) is 0 Å². The van der Waals surface area contributed by atoms with E-state index in [0.29, 0.717) is 28.1 Å². The van der Waals surface area contributed by atoms with Crippen LogP contribution in [0.15, 0.2) is 40.9 Å². The van der Waals surface area contributed by atoms with Gasteiger partial charge < -0.3 is 14.8 Å². The van der Waals surface area contributed by atoms with Crippen molar-refractivity contribution in [2.45, 2.75) is 32.2 Å². The van der Waals surface area contributed by atoms with Crippen LogP contribution >= 0.6 is 15.9 Å². The van der Waals surface area contributed by atoms with Gasteiger partial charge in [-0.05, 0) is 65.4 Å². The maximum Gasteiger partial charge on any atom is 0.251 e. The average molecular weight is 404 g/mol. The number of hydrogen-bond donors (Lipinski definition) is 1. The lowest BCUT2D eigenvalue weighted by atomic mass is 9.87. The number of amides is 1. The highest BCUT2D eigenvalue weighted by Crippen LogP contribution is 2.37. The highest BCUT2D eigenvalue weighted by Gasteiger charge is 2.23. The molecule has 0 saturated carbocycles. The number of ether oxygens (including phenoxy) is 2. The highest BCUT2D eigenvalue weighted by atomic mass is 79.9. The Balaban J connectivity index is 1.84. The Labute approximate surface area is 156 Å². The summed E-state index contributed by atoms with van der Waals surface area (Å²) in [4.78, 5) is 12.8. The summed E-state index contributed by atoms with van der Waals surface area (Å²) < 4.78 is 11.7. The van der Waals surface area contributed by atoms with Gasteiger partial charge in [0.05, 0.1) is 24.2 Å². The summed E-state index contributed by atoms with van der Waals surface area (Å²) in [6.07, 6.45) is 3.11. The fraction of sp³-hybridized carbons (Fsp3) is 0.350. The van der Waals surface area contributed by atoms with Gasteiger partial charge in [-0.15, -0.1) is 0 Å². The molecule has 0 spiro atoms. The van der Waals surface area contributed by atoms with Crippen molar-refractivity contribution in [3.63, 3.8) is 0 Å². The second-order valence-corrected chi connectivity index (χ2v) is 6.89. The van der Waals surface area contributed by atoms with E-state index >= 15 is 0 Å². The maximum absolute atomic E-state index is 12.8. The lowest BCUT2D eigenvalue weighted by molar-refractivity contribution is 0.0932. The molecular weight excluding hydrogens is 382 g/mol. The van der Waals surface area contributed by atoms with Crippen molar-refractivity contribution in [3.8, 4) is 11.5 Å². The predicted octanol–water partition coefficient (Wildman–Crippen LogP) is 4.66. The summed E-state index contributed by atoms with van der Waals surface area (Å²) in [5.74, 6) is 1.05. The quantitative estimate of drug-likeness (QED) is 0.789. The third-order valence-electron chi connectivity index (χ3n) is 4.46. The number of methoxy groups -OCH3 is 1. The van der Waals surface area contributed by atoms with E-state index in [1.54, 1.807) is 19.2 Å². The number of halogens is 1. The van der Waals surface area contributed by atoms with Gasteiger partial charge in [0.15, 0.2) is 11.5 Å². The molecule has 0 unspecified atom stereocenters. The Morgan fingerprint density at radius 2 is 2.12 bits per heavy atom. The minimum absolute atomic E-state index is 0.0498. The molecule has 132 valence electrons. The number of carbonyl (C=O) groups excluding carboxylic acids is 1. The molecule has 0 aliphatic heterocycles. The minimum Gasteiger partial charge on any atom is -0.493 e. The van der Waals surface area contributed by atoms with Crippen LogP contribution in [0, 0.1) is 0 Å². The fourth-order valence-corrected chi connectivity index (χ4v) is 3.84. The van der Waals surface area contributed by atoms with Crippen molar-refractivity contribution in [2.75, 3.05) is 13.7 Å². The molecule has 1 aliphatic carbocycles. The van der Waals surface area contributed by atoms with Gasteiger partial charge in [-0.3, -0.25) is 4.79 Å². The van der Waals surface area contributed by atoms with Crippen LogP contribution in [0.2, 0.25) is 0 Å². The van der Waals surface area contributed by atoms with Gasteiger partial charge in [0.1, 0.15) is 0 Å². The van der Waals surface area contributed by atoms with Crippen LogP contribution in [0.4, 0.5) is 0 Å². The molecule has 2 aromatic carbocycles. The first-order chi connectivity index (χ1) is 12.1. The fourth-order valence-electron chi connectivity index (χ4n) is 3.28. The molecule has 1 amide bonds. The summed E-state index contributed by atoms with van der Waals surface area (Å²) in [5, 5.41) is 3.17. The first-order valence-electron chi connectivity index (χ1n) is 8.53. The number of carbonyl (C=O) groups is 1. The molecule has 4 nitrogen and oxygen atoms in total. The van der Waals surface area contributed by atoms with Crippen LogP contribution < -0.4 is 14.8 Å². The summed E-state index contributed by atoms with van der Waals surface area (Å²) in [7, 11) is 1.57. The molecule has 2 aromatic rings. The molecule has 25 heavy (non-hydrogen) atoms. The van der Waals surface area contributed by atoms with E-state index in [4.69, 9.17) is 9.47 Å². The smallest absolute Gasteiger partial charge is 0.251 e. The summed E-state index contributed by atoms with van der Waals surface area (Å²) in [5.41, 5.74) is 3.10. The van der Waals surface area contributed by atoms with Gasteiger partial charge in [0.2, 0.25) is 0 Å². The SMILES string of the molecule is CCOc1c(Br)cc(C(=O)N[C@H]2CCCc3ccccc32)cc1OC. The zero-order valence-electron chi connectivity index (χ0n) is 14.5. The van der Waals surface area contributed by atoms with Crippen LogP contribution in [0.1, 0.15) is 47.3 Å². The molecule has 1 atom stereocenters. The third kappa shape index (κ3) is 3.82. The van der Waals surface area contributed by atoms with E-state index in [2.05, 4.69) is 39.4 Å². The Kier molecular flexibility index (Phi) is 5.63. The lowest BCUT2D eigenvalue weighted by Crippen LogP contribution is -2.31. The molecule has 0 heterocycles. The molecule has 5 heteroatoms. The van der Waals surface area contributed by atoms with Crippen LogP contribution in [0.3, 0.4) is 0 Å².